The maximum atomic E-state index is 12.2. The number of amides is 1. The van der Waals surface area contributed by atoms with Crippen molar-refractivity contribution in [3.05, 3.63) is 35.9 Å². The Labute approximate surface area is 140 Å². The maximum Gasteiger partial charge on any atom is 0.409 e. The minimum Gasteiger partial charge on any atom is -0.449 e. The van der Waals surface area contributed by atoms with Gasteiger partial charge in [0.2, 0.25) is 0 Å². The van der Waals surface area contributed by atoms with Crippen LogP contribution in [-0.2, 0) is 4.74 Å². The van der Waals surface area contributed by atoms with E-state index in [9.17, 15) is 4.79 Å². The molecule has 1 unspecified atom stereocenters. The molecule has 0 spiro atoms. The fourth-order valence-electron chi connectivity index (χ4n) is 3.14. The predicted octanol–water partition coefficient (Wildman–Crippen LogP) is 3.94. The molecule has 0 bridgehead atoms. The van der Waals surface area contributed by atoms with E-state index in [1.807, 2.05) is 4.90 Å². The fourth-order valence-corrected chi connectivity index (χ4v) is 3.14. The van der Waals surface area contributed by atoms with Gasteiger partial charge in [-0.05, 0) is 24.3 Å². The molecular weight excluding hydrogens is 288 g/mol. The van der Waals surface area contributed by atoms with Gasteiger partial charge in [-0.3, -0.25) is 4.90 Å². The van der Waals surface area contributed by atoms with Crippen molar-refractivity contribution in [1.82, 2.24) is 9.80 Å². The first-order valence-corrected chi connectivity index (χ1v) is 8.82. The van der Waals surface area contributed by atoms with Crippen LogP contribution in [0, 0.1) is 5.92 Å². The van der Waals surface area contributed by atoms with Crippen LogP contribution in [-0.4, -0.2) is 48.7 Å². The molecule has 1 aromatic rings. The monoisotopic (exact) mass is 318 g/mol. The molecule has 1 fully saturated rings. The van der Waals surface area contributed by atoms with Crippen molar-refractivity contribution in [2.45, 2.75) is 39.7 Å². The largest absolute Gasteiger partial charge is 0.449 e. The van der Waals surface area contributed by atoms with Crippen molar-refractivity contribution >= 4 is 6.09 Å². The number of rotatable bonds is 5. The molecule has 1 amide bonds. The van der Waals surface area contributed by atoms with E-state index in [2.05, 4.69) is 56.0 Å². The second-order valence-electron chi connectivity index (χ2n) is 6.68. The number of hydrogen-bond donors (Lipinski definition) is 0. The van der Waals surface area contributed by atoms with Crippen LogP contribution in [0.1, 0.15) is 45.2 Å². The second kappa shape index (κ2) is 8.92. The molecular formula is C19H30N2O2. The Morgan fingerprint density at radius 3 is 2.52 bits per heavy atom. The van der Waals surface area contributed by atoms with Gasteiger partial charge >= 0.3 is 6.09 Å². The van der Waals surface area contributed by atoms with Gasteiger partial charge < -0.3 is 9.64 Å². The third kappa shape index (κ3) is 5.24. The fraction of sp³-hybridized carbons (Fsp3) is 0.632. The van der Waals surface area contributed by atoms with Gasteiger partial charge in [0.1, 0.15) is 0 Å². The summed E-state index contributed by atoms with van der Waals surface area (Å²) in [6, 6.07) is 11.1. The molecule has 1 aliphatic heterocycles. The lowest BCUT2D eigenvalue weighted by atomic mass is 10.0. The highest BCUT2D eigenvalue weighted by atomic mass is 16.6. The van der Waals surface area contributed by atoms with Gasteiger partial charge in [-0.1, -0.05) is 51.1 Å². The van der Waals surface area contributed by atoms with Crippen LogP contribution in [0.5, 0.6) is 0 Å². The molecule has 0 saturated carbocycles. The number of carbonyl (C=O) groups is 1. The predicted molar refractivity (Wildman–Crippen MR) is 93.4 cm³/mol. The Bertz CT molecular complexity index is 476. The summed E-state index contributed by atoms with van der Waals surface area (Å²) in [5, 5.41) is 0. The Kier molecular flexibility index (Phi) is 6.90. The van der Waals surface area contributed by atoms with Crippen LogP contribution < -0.4 is 0 Å². The summed E-state index contributed by atoms with van der Waals surface area (Å²) >= 11 is 0. The van der Waals surface area contributed by atoms with Crippen LogP contribution in [0.3, 0.4) is 0 Å². The Morgan fingerprint density at radius 2 is 1.87 bits per heavy atom. The summed E-state index contributed by atoms with van der Waals surface area (Å²) in [4.78, 5) is 16.5. The van der Waals surface area contributed by atoms with Gasteiger partial charge in [0.15, 0.2) is 0 Å². The summed E-state index contributed by atoms with van der Waals surface area (Å²) in [5.74, 6) is 0.380. The number of hydrogen-bond acceptors (Lipinski definition) is 3. The number of carbonyl (C=O) groups excluding carboxylic acids is 1. The molecule has 2 rings (SSSR count). The van der Waals surface area contributed by atoms with Gasteiger partial charge in [0, 0.05) is 32.2 Å². The summed E-state index contributed by atoms with van der Waals surface area (Å²) in [7, 11) is 0. The first-order valence-electron chi connectivity index (χ1n) is 8.82. The number of ether oxygens (including phenoxy) is 1. The van der Waals surface area contributed by atoms with Crippen molar-refractivity contribution in [1.29, 1.82) is 0 Å². The van der Waals surface area contributed by atoms with Gasteiger partial charge in [0.25, 0.3) is 0 Å². The highest BCUT2D eigenvalue weighted by molar-refractivity contribution is 5.67. The molecule has 23 heavy (non-hydrogen) atoms. The van der Waals surface area contributed by atoms with E-state index in [0.717, 1.165) is 39.0 Å². The Morgan fingerprint density at radius 1 is 1.13 bits per heavy atom. The van der Waals surface area contributed by atoms with Crippen molar-refractivity contribution in [3.8, 4) is 0 Å². The molecule has 1 aliphatic rings. The van der Waals surface area contributed by atoms with Gasteiger partial charge in [-0.25, -0.2) is 4.79 Å². The zero-order valence-corrected chi connectivity index (χ0v) is 14.7. The molecule has 128 valence electrons. The summed E-state index contributed by atoms with van der Waals surface area (Å²) in [5.41, 5.74) is 1.37. The van der Waals surface area contributed by atoms with Crippen molar-refractivity contribution in [3.63, 3.8) is 0 Å². The van der Waals surface area contributed by atoms with E-state index in [4.69, 9.17) is 4.74 Å². The minimum absolute atomic E-state index is 0.159. The lowest BCUT2D eigenvalue weighted by Crippen LogP contribution is -2.37. The lowest BCUT2D eigenvalue weighted by molar-refractivity contribution is 0.0921. The van der Waals surface area contributed by atoms with Gasteiger partial charge in [0.05, 0.1) is 6.61 Å². The topological polar surface area (TPSA) is 32.8 Å². The number of nitrogens with zero attached hydrogens (tertiary/aromatic N) is 2. The van der Waals surface area contributed by atoms with Crippen molar-refractivity contribution in [2.24, 2.45) is 5.92 Å². The van der Waals surface area contributed by atoms with Crippen LogP contribution in [0.2, 0.25) is 0 Å². The van der Waals surface area contributed by atoms with Crippen LogP contribution in [0.25, 0.3) is 0 Å². The van der Waals surface area contributed by atoms with Gasteiger partial charge in [-0.15, -0.1) is 0 Å². The van der Waals surface area contributed by atoms with Gasteiger partial charge in [-0.2, -0.15) is 0 Å². The quantitative estimate of drug-likeness (QED) is 0.824. The average Bonchev–Trinajstić information content (AvgIpc) is 2.80. The molecule has 4 heteroatoms. The highest BCUT2D eigenvalue weighted by Crippen LogP contribution is 2.25. The first-order chi connectivity index (χ1) is 11.1. The average molecular weight is 318 g/mol. The minimum atomic E-state index is -0.159. The van der Waals surface area contributed by atoms with E-state index < -0.39 is 0 Å². The zero-order valence-electron chi connectivity index (χ0n) is 14.7. The summed E-state index contributed by atoms with van der Waals surface area (Å²) < 4.78 is 5.37. The van der Waals surface area contributed by atoms with Crippen molar-refractivity contribution in [2.75, 3.05) is 32.8 Å². The van der Waals surface area contributed by atoms with E-state index >= 15 is 0 Å². The van der Waals surface area contributed by atoms with Crippen LogP contribution in [0.4, 0.5) is 4.79 Å². The molecule has 4 nitrogen and oxygen atoms in total. The van der Waals surface area contributed by atoms with Crippen LogP contribution in [0.15, 0.2) is 30.3 Å². The summed E-state index contributed by atoms with van der Waals surface area (Å²) in [6.07, 6.45) is 1.93. The molecule has 1 heterocycles. The van der Waals surface area contributed by atoms with E-state index in [1.54, 1.807) is 0 Å². The van der Waals surface area contributed by atoms with E-state index in [0.29, 0.717) is 18.6 Å². The summed E-state index contributed by atoms with van der Waals surface area (Å²) in [6.45, 7) is 10.3. The zero-order chi connectivity index (χ0) is 16.7. The van der Waals surface area contributed by atoms with Crippen LogP contribution >= 0.6 is 0 Å². The smallest absolute Gasteiger partial charge is 0.409 e. The molecule has 1 aromatic carbocycles. The van der Waals surface area contributed by atoms with Crippen molar-refractivity contribution < 1.29 is 9.53 Å². The molecule has 1 saturated heterocycles. The molecule has 0 radical (unpaired) electrons. The molecule has 0 aliphatic carbocycles. The Balaban J connectivity index is 1.93. The normalized spacial score (nSPS) is 17.8. The van der Waals surface area contributed by atoms with E-state index in [1.165, 1.54) is 5.56 Å². The number of benzene rings is 1. The maximum absolute atomic E-state index is 12.2. The van der Waals surface area contributed by atoms with E-state index in [-0.39, 0.29) is 6.09 Å². The first kappa shape index (κ1) is 17.8. The molecule has 0 aromatic heterocycles. The SMILES string of the molecule is CCC(c1ccccc1)N1CCCN(C(=O)OCC(C)C)CC1. The standard InChI is InChI=1S/C19H30N2O2/c1-4-18(17-9-6-5-7-10-17)20-11-8-12-21(14-13-20)19(22)23-15-16(2)3/h5-7,9-10,16,18H,4,8,11-15H2,1-3H3. The molecule has 1 atom stereocenters. The molecule has 0 N–H and O–H groups in total. The highest BCUT2D eigenvalue weighted by Gasteiger charge is 2.24. The second-order valence-corrected chi connectivity index (χ2v) is 6.68. The Hall–Kier alpha value is -1.55. The lowest BCUT2D eigenvalue weighted by Gasteiger charge is -2.30. The third-order valence-corrected chi connectivity index (χ3v) is 4.34. The third-order valence-electron chi connectivity index (χ3n) is 4.34.